The Morgan fingerprint density at radius 3 is 2.53 bits per heavy atom. The average Bonchev–Trinajstić information content (AvgIpc) is 2.33. The topological polar surface area (TPSA) is 50.3 Å². The summed E-state index contributed by atoms with van der Waals surface area (Å²) in [6, 6.07) is 1.58. The second-order valence-corrected chi connectivity index (χ2v) is 6.54. The minimum Gasteiger partial charge on any atom is -0.243 e. The van der Waals surface area contributed by atoms with E-state index < -0.39 is 10.0 Å². The largest absolute Gasteiger partial charge is 0.244 e. The lowest BCUT2D eigenvalue weighted by Crippen LogP contribution is -2.35. The third-order valence-electron chi connectivity index (χ3n) is 2.94. The van der Waals surface area contributed by atoms with Crippen molar-refractivity contribution in [1.29, 1.82) is 0 Å². The molecule has 0 saturated carbocycles. The summed E-state index contributed by atoms with van der Waals surface area (Å²) in [5, 5.41) is 0.350. The van der Waals surface area contributed by atoms with Gasteiger partial charge in [-0.15, -0.1) is 0 Å². The van der Waals surface area contributed by atoms with Gasteiger partial charge in [0.15, 0.2) is 0 Å². The van der Waals surface area contributed by atoms with Crippen LogP contribution in [0.5, 0.6) is 0 Å². The van der Waals surface area contributed by atoms with E-state index in [0.29, 0.717) is 23.8 Å². The standard InChI is InChI=1S/C11H15ClN2O2S/c1-9-7-10(8-13-11(9)12)17(15,16)14-5-3-2-4-6-14/h7-8H,2-6H2,1H3. The highest BCUT2D eigenvalue weighted by Gasteiger charge is 2.26. The summed E-state index contributed by atoms with van der Waals surface area (Å²) in [6.45, 7) is 2.96. The highest BCUT2D eigenvalue weighted by Crippen LogP contribution is 2.22. The smallest absolute Gasteiger partial charge is 0.243 e. The van der Waals surface area contributed by atoms with Crippen LogP contribution in [0.4, 0.5) is 0 Å². The molecule has 0 radical (unpaired) electrons. The van der Waals surface area contributed by atoms with Crippen molar-refractivity contribution in [2.45, 2.75) is 31.1 Å². The fourth-order valence-corrected chi connectivity index (χ4v) is 3.58. The predicted octanol–water partition coefficient (Wildman–Crippen LogP) is 2.22. The zero-order valence-electron chi connectivity index (χ0n) is 9.69. The lowest BCUT2D eigenvalue weighted by atomic mass is 10.2. The molecule has 0 aliphatic carbocycles. The maximum atomic E-state index is 12.3. The highest BCUT2D eigenvalue weighted by molar-refractivity contribution is 7.89. The second kappa shape index (κ2) is 4.92. The summed E-state index contributed by atoms with van der Waals surface area (Å²) in [4.78, 5) is 4.14. The molecule has 0 aromatic carbocycles. The lowest BCUT2D eigenvalue weighted by Gasteiger charge is -2.25. The van der Waals surface area contributed by atoms with E-state index >= 15 is 0 Å². The van der Waals surface area contributed by atoms with Crippen molar-refractivity contribution >= 4 is 21.6 Å². The van der Waals surface area contributed by atoms with Crippen molar-refractivity contribution in [2.75, 3.05) is 13.1 Å². The van der Waals surface area contributed by atoms with Crippen molar-refractivity contribution in [3.63, 3.8) is 0 Å². The monoisotopic (exact) mass is 274 g/mol. The van der Waals surface area contributed by atoms with E-state index in [2.05, 4.69) is 4.98 Å². The van der Waals surface area contributed by atoms with E-state index in [0.717, 1.165) is 19.3 Å². The van der Waals surface area contributed by atoms with Crippen LogP contribution in [0.1, 0.15) is 24.8 Å². The maximum Gasteiger partial charge on any atom is 0.244 e. The van der Waals surface area contributed by atoms with E-state index in [-0.39, 0.29) is 4.90 Å². The van der Waals surface area contributed by atoms with Crippen molar-refractivity contribution in [3.8, 4) is 0 Å². The van der Waals surface area contributed by atoms with Crippen LogP contribution in [0.15, 0.2) is 17.2 Å². The van der Waals surface area contributed by atoms with Crippen LogP contribution in [0.25, 0.3) is 0 Å². The van der Waals surface area contributed by atoms with Gasteiger partial charge in [0.2, 0.25) is 10.0 Å². The van der Waals surface area contributed by atoms with Crippen LogP contribution < -0.4 is 0 Å². The number of hydrogen-bond donors (Lipinski definition) is 0. The minimum atomic E-state index is -3.39. The fourth-order valence-electron chi connectivity index (χ4n) is 1.93. The van der Waals surface area contributed by atoms with Gasteiger partial charge in [-0.05, 0) is 31.4 Å². The predicted molar refractivity (Wildman–Crippen MR) is 66.6 cm³/mol. The number of pyridine rings is 1. The van der Waals surface area contributed by atoms with Crippen LogP contribution in [0.2, 0.25) is 5.15 Å². The van der Waals surface area contributed by atoms with Crippen molar-refractivity contribution in [3.05, 3.63) is 23.0 Å². The molecule has 1 aliphatic rings. The highest BCUT2D eigenvalue weighted by atomic mass is 35.5. The number of hydrogen-bond acceptors (Lipinski definition) is 3. The van der Waals surface area contributed by atoms with Gasteiger partial charge >= 0.3 is 0 Å². The first-order valence-electron chi connectivity index (χ1n) is 5.64. The van der Waals surface area contributed by atoms with Crippen molar-refractivity contribution < 1.29 is 8.42 Å². The molecule has 1 aromatic rings. The summed E-state index contributed by atoms with van der Waals surface area (Å²) >= 11 is 5.80. The van der Waals surface area contributed by atoms with E-state index in [9.17, 15) is 8.42 Å². The Morgan fingerprint density at radius 2 is 1.94 bits per heavy atom. The Labute approximate surface area is 107 Å². The van der Waals surface area contributed by atoms with Crippen LogP contribution in [-0.2, 0) is 10.0 Å². The minimum absolute atomic E-state index is 0.237. The molecular weight excluding hydrogens is 260 g/mol. The Balaban J connectivity index is 2.33. The van der Waals surface area contributed by atoms with Gasteiger partial charge in [-0.3, -0.25) is 0 Å². The first-order valence-corrected chi connectivity index (χ1v) is 7.46. The Kier molecular flexibility index (Phi) is 3.70. The van der Waals surface area contributed by atoms with Gasteiger partial charge in [0.25, 0.3) is 0 Å². The molecule has 0 atom stereocenters. The molecule has 1 fully saturated rings. The number of halogens is 1. The van der Waals surface area contributed by atoms with Gasteiger partial charge in [0.05, 0.1) is 0 Å². The number of aryl methyl sites for hydroxylation is 1. The second-order valence-electron chi connectivity index (χ2n) is 4.24. The summed E-state index contributed by atoms with van der Waals surface area (Å²) in [5.41, 5.74) is 0.685. The fraction of sp³-hybridized carbons (Fsp3) is 0.545. The first-order chi connectivity index (χ1) is 8.01. The molecule has 2 rings (SSSR count). The van der Waals surface area contributed by atoms with E-state index in [4.69, 9.17) is 11.6 Å². The van der Waals surface area contributed by atoms with Crippen molar-refractivity contribution in [1.82, 2.24) is 9.29 Å². The molecule has 94 valence electrons. The maximum absolute atomic E-state index is 12.3. The van der Waals surface area contributed by atoms with Crippen LogP contribution in [0, 0.1) is 6.92 Å². The molecule has 1 aliphatic heterocycles. The van der Waals surface area contributed by atoms with E-state index in [1.54, 1.807) is 13.0 Å². The van der Waals surface area contributed by atoms with Crippen LogP contribution in [-0.4, -0.2) is 30.8 Å². The number of piperidine rings is 1. The third kappa shape index (κ3) is 2.61. The molecule has 4 nitrogen and oxygen atoms in total. The summed E-state index contributed by atoms with van der Waals surface area (Å²) in [7, 11) is -3.39. The van der Waals surface area contributed by atoms with Gasteiger partial charge in [-0.2, -0.15) is 4.31 Å². The molecule has 6 heteroatoms. The van der Waals surface area contributed by atoms with Crippen LogP contribution in [0.3, 0.4) is 0 Å². The molecule has 17 heavy (non-hydrogen) atoms. The number of aromatic nitrogens is 1. The average molecular weight is 275 g/mol. The van der Waals surface area contributed by atoms with Gasteiger partial charge in [-0.25, -0.2) is 13.4 Å². The van der Waals surface area contributed by atoms with Gasteiger partial charge in [0.1, 0.15) is 10.0 Å². The molecule has 0 bridgehead atoms. The molecule has 2 heterocycles. The normalized spacial score (nSPS) is 18.2. The van der Waals surface area contributed by atoms with Gasteiger partial charge in [-0.1, -0.05) is 18.0 Å². The zero-order chi connectivity index (χ0) is 12.5. The Hall–Kier alpha value is -0.650. The molecular formula is C11H15ClN2O2S. The summed E-state index contributed by atoms with van der Waals surface area (Å²) < 4.78 is 26.1. The summed E-state index contributed by atoms with van der Waals surface area (Å²) in [6.07, 6.45) is 4.29. The molecule has 0 N–H and O–H groups in total. The van der Waals surface area contributed by atoms with E-state index in [1.165, 1.54) is 10.5 Å². The molecule has 1 saturated heterocycles. The SMILES string of the molecule is Cc1cc(S(=O)(=O)N2CCCCC2)cnc1Cl. The molecule has 0 unspecified atom stereocenters. The lowest BCUT2D eigenvalue weighted by molar-refractivity contribution is 0.346. The van der Waals surface area contributed by atoms with Gasteiger partial charge in [0, 0.05) is 19.3 Å². The summed E-state index contributed by atoms with van der Waals surface area (Å²) in [5.74, 6) is 0. The number of sulfonamides is 1. The first kappa shape index (κ1) is 12.8. The Bertz CT molecular complexity index is 510. The molecule has 0 spiro atoms. The van der Waals surface area contributed by atoms with Crippen molar-refractivity contribution in [2.24, 2.45) is 0 Å². The number of rotatable bonds is 2. The zero-order valence-corrected chi connectivity index (χ0v) is 11.3. The van der Waals surface area contributed by atoms with Crippen LogP contribution >= 0.6 is 11.6 Å². The van der Waals surface area contributed by atoms with E-state index in [1.807, 2.05) is 0 Å². The third-order valence-corrected chi connectivity index (χ3v) is 5.20. The number of nitrogens with zero attached hydrogens (tertiary/aromatic N) is 2. The van der Waals surface area contributed by atoms with Gasteiger partial charge < -0.3 is 0 Å². The molecule has 0 amide bonds. The quantitative estimate of drug-likeness (QED) is 0.777. The Morgan fingerprint density at radius 1 is 1.29 bits per heavy atom. The molecule has 1 aromatic heterocycles.